The second-order valence-corrected chi connectivity index (χ2v) is 9.50. The van der Waals surface area contributed by atoms with Gasteiger partial charge in [-0.25, -0.2) is 0 Å². The Kier molecular flexibility index (Phi) is 6.25. The van der Waals surface area contributed by atoms with Crippen LogP contribution in [-0.2, 0) is 9.59 Å². The molecule has 134 valence electrons. The number of likely N-dealkylation sites (tertiary alicyclic amines) is 1. The lowest BCUT2D eigenvalue weighted by molar-refractivity contribution is -0.134. The molecule has 2 amide bonds. The molecule has 0 aromatic carbocycles. The zero-order chi connectivity index (χ0) is 17.9. The zero-order valence-corrected chi connectivity index (χ0v) is 16.6. The van der Waals surface area contributed by atoms with Gasteiger partial charge in [0.15, 0.2) is 4.34 Å². The van der Waals surface area contributed by atoms with Crippen LogP contribution in [0.3, 0.4) is 0 Å². The van der Waals surface area contributed by atoms with Gasteiger partial charge in [0.1, 0.15) is 0 Å². The zero-order valence-electron chi connectivity index (χ0n) is 15.0. The molecule has 1 aliphatic rings. The largest absolute Gasteiger partial charge is 0.337 e. The Hall–Kier alpha value is -1.15. The minimum atomic E-state index is -0.477. The first-order chi connectivity index (χ1) is 11.2. The summed E-state index contributed by atoms with van der Waals surface area (Å²) >= 11 is 2.69. The predicted octanol–water partition coefficient (Wildman–Crippen LogP) is 3.40. The van der Waals surface area contributed by atoms with E-state index in [1.54, 1.807) is 0 Å². The first kappa shape index (κ1) is 19.2. The number of hydrogen-bond donors (Lipinski definition) is 1. The molecular formula is C16H26N4O2S2. The molecular weight excluding hydrogens is 344 g/mol. The van der Waals surface area contributed by atoms with Crippen molar-refractivity contribution in [3.8, 4) is 0 Å². The van der Waals surface area contributed by atoms with Crippen molar-refractivity contribution in [3.63, 3.8) is 0 Å². The van der Waals surface area contributed by atoms with E-state index in [0.29, 0.717) is 27.3 Å². The minimum Gasteiger partial charge on any atom is -0.337 e. The summed E-state index contributed by atoms with van der Waals surface area (Å²) in [5.74, 6) is 0.411. The van der Waals surface area contributed by atoms with Gasteiger partial charge in [-0.15, -0.1) is 10.2 Å². The van der Waals surface area contributed by atoms with Crippen molar-refractivity contribution in [1.82, 2.24) is 15.1 Å². The number of thioether (sulfide) groups is 1. The molecule has 1 N–H and O–H groups in total. The normalized spacial score (nSPS) is 21.6. The van der Waals surface area contributed by atoms with Crippen molar-refractivity contribution in [2.24, 2.45) is 5.41 Å². The quantitative estimate of drug-likeness (QED) is 0.649. The van der Waals surface area contributed by atoms with Crippen LogP contribution < -0.4 is 5.32 Å². The number of aromatic nitrogens is 2. The second kappa shape index (κ2) is 7.82. The lowest BCUT2D eigenvalue weighted by Crippen LogP contribution is -2.48. The monoisotopic (exact) mass is 370 g/mol. The van der Waals surface area contributed by atoms with Gasteiger partial charge in [0.25, 0.3) is 0 Å². The minimum absolute atomic E-state index is 0.0951. The molecule has 6 nitrogen and oxygen atoms in total. The number of carbonyl (C=O) groups excluding carboxylic acids is 2. The van der Waals surface area contributed by atoms with E-state index in [0.717, 1.165) is 12.8 Å². The van der Waals surface area contributed by atoms with Crippen molar-refractivity contribution < 1.29 is 9.59 Å². The summed E-state index contributed by atoms with van der Waals surface area (Å²) in [4.78, 5) is 26.4. The van der Waals surface area contributed by atoms with Gasteiger partial charge in [-0.3, -0.25) is 9.59 Å². The molecule has 1 aliphatic heterocycles. The summed E-state index contributed by atoms with van der Waals surface area (Å²) in [5.41, 5.74) is -0.477. The molecule has 0 spiro atoms. The van der Waals surface area contributed by atoms with Crippen molar-refractivity contribution in [2.75, 3.05) is 11.1 Å². The van der Waals surface area contributed by atoms with E-state index in [-0.39, 0.29) is 11.8 Å². The van der Waals surface area contributed by atoms with Crippen LogP contribution in [0, 0.1) is 5.41 Å². The summed E-state index contributed by atoms with van der Waals surface area (Å²) in [6.07, 6.45) is 3.33. The standard InChI is InChI=1S/C16H26N4O2S2/c1-10-7-6-8-11(2)20(10)12(21)9-23-15-19-18-14(24-15)17-13(22)16(3,4)5/h10-11H,6-9H2,1-5H3,(H,17,18,22)/t10-,11-/m1/s1. The fourth-order valence-corrected chi connectivity index (χ4v) is 4.33. The molecule has 1 aromatic rings. The van der Waals surface area contributed by atoms with Crippen molar-refractivity contribution in [1.29, 1.82) is 0 Å². The number of rotatable bonds is 4. The van der Waals surface area contributed by atoms with Crippen LogP contribution >= 0.6 is 23.1 Å². The molecule has 8 heteroatoms. The van der Waals surface area contributed by atoms with Crippen molar-refractivity contribution >= 4 is 40.0 Å². The van der Waals surface area contributed by atoms with E-state index in [2.05, 4.69) is 29.4 Å². The van der Waals surface area contributed by atoms with E-state index >= 15 is 0 Å². The Bertz CT molecular complexity index is 587. The molecule has 2 atom stereocenters. The highest BCUT2D eigenvalue weighted by Gasteiger charge is 2.29. The number of anilines is 1. The van der Waals surface area contributed by atoms with E-state index in [1.165, 1.54) is 29.5 Å². The van der Waals surface area contributed by atoms with Gasteiger partial charge in [0.2, 0.25) is 16.9 Å². The van der Waals surface area contributed by atoms with Gasteiger partial charge in [0.05, 0.1) is 5.75 Å². The van der Waals surface area contributed by atoms with E-state index < -0.39 is 5.41 Å². The molecule has 1 saturated heterocycles. The number of nitrogens with one attached hydrogen (secondary N) is 1. The predicted molar refractivity (Wildman–Crippen MR) is 98.3 cm³/mol. The lowest BCUT2D eigenvalue weighted by Gasteiger charge is -2.39. The highest BCUT2D eigenvalue weighted by molar-refractivity contribution is 8.01. The van der Waals surface area contributed by atoms with Crippen LogP contribution in [0.4, 0.5) is 5.13 Å². The second-order valence-electron chi connectivity index (χ2n) is 7.30. The van der Waals surface area contributed by atoms with Gasteiger partial charge in [-0.2, -0.15) is 0 Å². The first-order valence-electron chi connectivity index (χ1n) is 8.27. The lowest BCUT2D eigenvalue weighted by atomic mass is 9.96. The van der Waals surface area contributed by atoms with Crippen molar-refractivity contribution in [2.45, 2.75) is 70.3 Å². The van der Waals surface area contributed by atoms with E-state index in [1.807, 2.05) is 25.7 Å². The Morgan fingerprint density at radius 2 is 1.88 bits per heavy atom. The fourth-order valence-electron chi connectivity index (χ4n) is 2.71. The Labute approximate surface area is 151 Å². The number of nitrogens with zero attached hydrogens (tertiary/aromatic N) is 3. The molecule has 2 heterocycles. The highest BCUT2D eigenvalue weighted by atomic mass is 32.2. The highest BCUT2D eigenvalue weighted by Crippen LogP contribution is 2.29. The topological polar surface area (TPSA) is 75.2 Å². The molecule has 2 rings (SSSR count). The fraction of sp³-hybridized carbons (Fsp3) is 0.750. The average molecular weight is 371 g/mol. The number of piperidine rings is 1. The maximum Gasteiger partial charge on any atom is 0.233 e. The van der Waals surface area contributed by atoms with Crippen LogP contribution in [-0.4, -0.2) is 44.7 Å². The van der Waals surface area contributed by atoms with Crippen LogP contribution in [0.15, 0.2) is 4.34 Å². The summed E-state index contributed by atoms with van der Waals surface area (Å²) in [5, 5.41) is 11.3. The maximum absolute atomic E-state index is 12.5. The van der Waals surface area contributed by atoms with Gasteiger partial charge >= 0.3 is 0 Å². The third kappa shape index (κ3) is 4.92. The molecule has 24 heavy (non-hydrogen) atoms. The van der Waals surface area contributed by atoms with E-state index in [4.69, 9.17) is 0 Å². The van der Waals surface area contributed by atoms with Gasteiger partial charge in [-0.05, 0) is 33.1 Å². The Morgan fingerprint density at radius 3 is 2.46 bits per heavy atom. The molecule has 0 radical (unpaired) electrons. The number of amides is 2. The summed E-state index contributed by atoms with van der Waals surface area (Å²) in [6, 6.07) is 0.607. The Balaban J connectivity index is 1.88. The van der Waals surface area contributed by atoms with E-state index in [9.17, 15) is 9.59 Å². The molecule has 0 saturated carbocycles. The maximum atomic E-state index is 12.5. The summed E-state index contributed by atoms with van der Waals surface area (Å²) < 4.78 is 0.699. The summed E-state index contributed by atoms with van der Waals surface area (Å²) in [6.45, 7) is 9.77. The smallest absolute Gasteiger partial charge is 0.233 e. The van der Waals surface area contributed by atoms with Crippen LogP contribution in [0.2, 0.25) is 0 Å². The third-order valence-electron chi connectivity index (χ3n) is 4.11. The number of hydrogen-bond acceptors (Lipinski definition) is 6. The van der Waals surface area contributed by atoms with Gasteiger partial charge in [-0.1, -0.05) is 43.9 Å². The SMILES string of the molecule is C[C@@H]1CCC[C@@H](C)N1C(=O)CSc1nnc(NC(=O)C(C)(C)C)s1. The van der Waals surface area contributed by atoms with Gasteiger partial charge < -0.3 is 10.2 Å². The van der Waals surface area contributed by atoms with Crippen LogP contribution in [0.25, 0.3) is 0 Å². The molecule has 1 fully saturated rings. The van der Waals surface area contributed by atoms with Gasteiger partial charge in [0, 0.05) is 17.5 Å². The molecule has 0 aliphatic carbocycles. The third-order valence-corrected chi connectivity index (χ3v) is 6.07. The first-order valence-corrected chi connectivity index (χ1v) is 10.1. The summed E-state index contributed by atoms with van der Waals surface area (Å²) in [7, 11) is 0. The van der Waals surface area contributed by atoms with Crippen LogP contribution in [0.1, 0.15) is 53.9 Å². The molecule has 1 aromatic heterocycles. The Morgan fingerprint density at radius 1 is 1.25 bits per heavy atom. The average Bonchev–Trinajstić information content (AvgIpc) is 2.91. The molecule has 0 bridgehead atoms. The molecule has 0 unspecified atom stereocenters. The van der Waals surface area contributed by atoms with Crippen LogP contribution in [0.5, 0.6) is 0 Å². The van der Waals surface area contributed by atoms with Crippen molar-refractivity contribution in [3.05, 3.63) is 0 Å². The number of carbonyl (C=O) groups is 2.